The summed E-state index contributed by atoms with van der Waals surface area (Å²) in [6.07, 6.45) is 1.25. The van der Waals surface area contributed by atoms with Crippen LogP contribution in [0.3, 0.4) is 0 Å². The maximum Gasteiger partial charge on any atom is 0.323 e. The van der Waals surface area contributed by atoms with E-state index >= 15 is 0 Å². The molecule has 0 aromatic heterocycles. The Labute approximate surface area is 300 Å². The van der Waals surface area contributed by atoms with E-state index < -0.39 is 11.9 Å². The van der Waals surface area contributed by atoms with Crippen molar-refractivity contribution in [3.63, 3.8) is 0 Å². The fourth-order valence-corrected chi connectivity index (χ4v) is 6.72. The Bertz CT molecular complexity index is 1760. The van der Waals surface area contributed by atoms with Gasteiger partial charge in [-0.05, 0) is 85.7 Å². The van der Waals surface area contributed by atoms with Crippen LogP contribution in [-0.2, 0) is 38.7 Å². The first kappa shape index (κ1) is 36.3. The number of likely N-dealkylation sites (tertiary alicyclic amines) is 1. The number of rotatable bonds is 11. The summed E-state index contributed by atoms with van der Waals surface area (Å²) >= 11 is 0. The van der Waals surface area contributed by atoms with Crippen LogP contribution >= 0.6 is 0 Å². The highest BCUT2D eigenvalue weighted by Gasteiger charge is 2.39. The number of aliphatic hydroxyl groups is 1. The lowest BCUT2D eigenvalue weighted by Crippen LogP contribution is -2.45. The van der Waals surface area contributed by atoms with Crippen molar-refractivity contribution in [1.29, 1.82) is 0 Å². The molecule has 4 aromatic rings. The first-order valence-corrected chi connectivity index (χ1v) is 17.9. The highest BCUT2D eigenvalue weighted by Crippen LogP contribution is 2.39. The molecule has 0 bridgehead atoms. The number of amides is 2. The molecule has 0 radical (unpaired) electrons. The molecule has 4 aromatic carbocycles. The minimum absolute atomic E-state index is 0.0211. The Morgan fingerprint density at radius 3 is 2.22 bits per heavy atom. The number of carbonyl (C=O) groups excluding carboxylic acids is 2. The number of carbonyl (C=O) groups is 2. The third-order valence-corrected chi connectivity index (χ3v) is 9.26. The fraction of sp³-hybridized carbons (Fsp3) is 0.381. The van der Waals surface area contributed by atoms with Gasteiger partial charge in [0.1, 0.15) is 11.6 Å². The van der Waals surface area contributed by atoms with Gasteiger partial charge in [-0.25, -0.2) is 4.79 Å². The highest BCUT2D eigenvalue weighted by atomic mass is 16.7. The molecular weight excluding hydrogens is 642 g/mol. The lowest BCUT2D eigenvalue weighted by Gasteiger charge is -2.38. The minimum Gasteiger partial charge on any atom is -0.459 e. The molecule has 4 atom stereocenters. The van der Waals surface area contributed by atoms with E-state index in [9.17, 15) is 14.7 Å². The van der Waals surface area contributed by atoms with Gasteiger partial charge in [0.25, 0.3) is 0 Å². The molecule has 0 spiro atoms. The largest absolute Gasteiger partial charge is 0.459 e. The van der Waals surface area contributed by atoms with Gasteiger partial charge in [0, 0.05) is 31.6 Å². The molecule has 2 heterocycles. The van der Waals surface area contributed by atoms with Crippen LogP contribution in [0.25, 0.3) is 11.1 Å². The Hall–Kier alpha value is -4.54. The summed E-state index contributed by atoms with van der Waals surface area (Å²) in [5.41, 5.74) is 6.24. The molecule has 9 heteroatoms. The van der Waals surface area contributed by atoms with Gasteiger partial charge in [0.15, 0.2) is 6.29 Å². The van der Waals surface area contributed by atoms with Crippen molar-refractivity contribution in [2.75, 3.05) is 13.1 Å². The summed E-state index contributed by atoms with van der Waals surface area (Å²) < 4.78 is 19.1. The normalized spacial score (nSPS) is 20.9. The standard InChI is InChI=1S/C42H49N3O6/c1-42(2,3)51-39(47)37-16-9-21-45(37)27-36-24-38(32-19-17-30(28-46)18-20-32)50-40(49-36)35-15-8-14-34(23-35)33-13-7-12-31(22-33)26-44-41(48)43-25-29-10-5-4-6-11-29/h4-8,10-15,17-20,22-23,36-38,40,46H,9,16,21,24-28H2,1-3H3,(H2,43,44,48)/t36-,37-,38+,40+/m0/s1. The average Bonchev–Trinajstić information content (AvgIpc) is 3.61. The Kier molecular flexibility index (Phi) is 11.8. The number of hydrogen-bond acceptors (Lipinski definition) is 7. The molecule has 0 aliphatic carbocycles. The van der Waals surface area contributed by atoms with Crippen molar-refractivity contribution in [1.82, 2.24) is 15.5 Å². The zero-order chi connectivity index (χ0) is 35.8. The van der Waals surface area contributed by atoms with E-state index in [1.54, 1.807) is 0 Å². The van der Waals surface area contributed by atoms with Crippen LogP contribution in [0.4, 0.5) is 4.79 Å². The van der Waals surface area contributed by atoms with Crippen molar-refractivity contribution < 1.29 is 28.9 Å². The summed E-state index contributed by atoms with van der Waals surface area (Å²) in [6.45, 7) is 7.92. The van der Waals surface area contributed by atoms with E-state index in [4.69, 9.17) is 14.2 Å². The van der Waals surface area contributed by atoms with Gasteiger partial charge in [-0.3, -0.25) is 9.69 Å². The molecule has 0 unspecified atom stereocenters. The lowest BCUT2D eigenvalue weighted by molar-refractivity contribution is -0.253. The summed E-state index contributed by atoms with van der Waals surface area (Å²) in [5, 5.41) is 15.5. The summed E-state index contributed by atoms with van der Waals surface area (Å²) in [7, 11) is 0. The van der Waals surface area contributed by atoms with E-state index in [2.05, 4.69) is 39.8 Å². The van der Waals surface area contributed by atoms with Crippen LogP contribution in [0.1, 0.15) is 80.2 Å². The zero-order valence-corrected chi connectivity index (χ0v) is 29.7. The highest BCUT2D eigenvalue weighted by molar-refractivity contribution is 5.76. The summed E-state index contributed by atoms with van der Waals surface area (Å²) in [6, 6.07) is 33.5. The molecule has 2 aliphatic rings. The quantitative estimate of drug-likeness (QED) is 0.143. The predicted octanol–water partition coefficient (Wildman–Crippen LogP) is 7.20. The van der Waals surface area contributed by atoms with Crippen molar-refractivity contribution in [2.24, 2.45) is 0 Å². The first-order valence-electron chi connectivity index (χ1n) is 17.9. The minimum atomic E-state index is -0.632. The topological polar surface area (TPSA) is 109 Å². The second-order valence-corrected chi connectivity index (χ2v) is 14.4. The van der Waals surface area contributed by atoms with Crippen LogP contribution in [0.2, 0.25) is 0 Å². The fourth-order valence-electron chi connectivity index (χ4n) is 6.72. The Morgan fingerprint density at radius 1 is 0.804 bits per heavy atom. The smallest absolute Gasteiger partial charge is 0.323 e. The van der Waals surface area contributed by atoms with Crippen molar-refractivity contribution in [2.45, 2.75) is 89.9 Å². The number of aliphatic hydroxyl groups excluding tert-OH is 1. The number of nitrogens with one attached hydrogen (secondary N) is 2. The zero-order valence-electron chi connectivity index (χ0n) is 29.7. The maximum atomic E-state index is 13.1. The number of benzene rings is 4. The van der Waals surface area contributed by atoms with Crippen LogP contribution in [0.15, 0.2) is 103 Å². The molecule has 2 fully saturated rings. The van der Waals surface area contributed by atoms with Crippen molar-refractivity contribution >= 4 is 12.0 Å². The van der Waals surface area contributed by atoms with Gasteiger partial charge in [0.05, 0.1) is 18.8 Å². The molecule has 9 nitrogen and oxygen atoms in total. The maximum absolute atomic E-state index is 13.1. The SMILES string of the molecule is CC(C)(C)OC(=O)[C@@H]1CCCN1C[C@@H]1C[C@H](c2ccc(CO)cc2)O[C@H](c2cccc(-c3cccc(CNC(=O)NCc4ccccc4)c3)c2)O1. The van der Waals surface area contributed by atoms with Gasteiger partial charge in [-0.2, -0.15) is 0 Å². The van der Waals surface area contributed by atoms with Crippen LogP contribution < -0.4 is 10.6 Å². The number of urea groups is 1. The molecule has 2 aliphatic heterocycles. The summed E-state index contributed by atoms with van der Waals surface area (Å²) in [4.78, 5) is 27.8. The number of esters is 1. The van der Waals surface area contributed by atoms with Gasteiger partial charge >= 0.3 is 12.0 Å². The van der Waals surface area contributed by atoms with E-state index in [0.717, 1.165) is 58.3 Å². The van der Waals surface area contributed by atoms with Gasteiger partial charge in [-0.15, -0.1) is 0 Å². The second kappa shape index (κ2) is 16.7. The van der Waals surface area contributed by atoms with Gasteiger partial charge < -0.3 is 30.0 Å². The predicted molar refractivity (Wildman–Crippen MR) is 196 cm³/mol. The van der Waals surface area contributed by atoms with Crippen molar-refractivity contribution in [3.05, 3.63) is 131 Å². The van der Waals surface area contributed by atoms with Crippen LogP contribution in [0.5, 0.6) is 0 Å². The van der Waals surface area contributed by atoms with Crippen LogP contribution in [-0.4, -0.2) is 52.8 Å². The third-order valence-electron chi connectivity index (χ3n) is 9.26. The number of hydrogen-bond donors (Lipinski definition) is 3. The van der Waals surface area contributed by atoms with E-state index in [0.29, 0.717) is 26.1 Å². The third kappa shape index (κ3) is 10.0. The molecule has 2 saturated heterocycles. The van der Waals surface area contributed by atoms with Gasteiger partial charge in [0.2, 0.25) is 0 Å². The Morgan fingerprint density at radius 2 is 1.49 bits per heavy atom. The van der Waals surface area contributed by atoms with E-state index in [1.165, 1.54) is 0 Å². The summed E-state index contributed by atoms with van der Waals surface area (Å²) in [5.74, 6) is -0.183. The van der Waals surface area contributed by atoms with Gasteiger partial charge in [-0.1, -0.05) is 91.0 Å². The lowest BCUT2D eigenvalue weighted by atomic mass is 9.98. The van der Waals surface area contributed by atoms with E-state index in [1.807, 2.05) is 99.6 Å². The second-order valence-electron chi connectivity index (χ2n) is 14.4. The molecule has 6 rings (SSSR count). The van der Waals surface area contributed by atoms with Crippen molar-refractivity contribution in [3.8, 4) is 11.1 Å². The molecule has 3 N–H and O–H groups in total. The Balaban J connectivity index is 1.16. The molecule has 2 amide bonds. The number of nitrogens with zero attached hydrogens (tertiary/aromatic N) is 1. The van der Waals surface area contributed by atoms with Crippen LogP contribution in [0, 0.1) is 0 Å². The molecule has 268 valence electrons. The molecular formula is C42H49N3O6. The molecule has 0 saturated carbocycles. The number of ether oxygens (including phenoxy) is 3. The first-order chi connectivity index (χ1) is 24.6. The average molecular weight is 692 g/mol. The monoisotopic (exact) mass is 691 g/mol. The molecule has 51 heavy (non-hydrogen) atoms. The van der Waals surface area contributed by atoms with E-state index in [-0.39, 0.29) is 36.9 Å².